The molecule has 3 aromatic heterocycles. The Morgan fingerprint density at radius 1 is 0.298 bits per heavy atom. The van der Waals surface area contributed by atoms with Gasteiger partial charge in [0.15, 0.2) is 0 Å². The van der Waals surface area contributed by atoms with Crippen molar-refractivity contribution in [1.82, 2.24) is 0 Å². The zero-order valence-electron chi connectivity index (χ0n) is 30.5. The van der Waals surface area contributed by atoms with Crippen LogP contribution in [0.15, 0.2) is 191 Å². The number of fused-ring (bicyclic) bond motifs is 14. The minimum atomic E-state index is 0.909. The number of rotatable bonds is 3. The molecule has 0 atom stereocenters. The second kappa shape index (κ2) is 11.7. The van der Waals surface area contributed by atoms with Crippen molar-refractivity contribution in [2.45, 2.75) is 0 Å². The van der Waals surface area contributed by atoms with Crippen LogP contribution in [0.3, 0.4) is 0 Å². The fourth-order valence-corrected chi connectivity index (χ4v) is 10.7. The average molecular weight is 743 g/mol. The maximum Gasteiger partial charge on any atom is 0.144 e. The van der Waals surface area contributed by atoms with Gasteiger partial charge in [0, 0.05) is 58.2 Å². The van der Waals surface area contributed by atoms with Gasteiger partial charge in [0.1, 0.15) is 22.3 Å². The Balaban J connectivity index is 1.02. The molecule has 0 N–H and O–H groups in total. The van der Waals surface area contributed by atoms with Crippen LogP contribution in [0.5, 0.6) is 0 Å². The zero-order valence-corrected chi connectivity index (χ0v) is 31.4. The lowest BCUT2D eigenvalue weighted by atomic mass is 9.85. The van der Waals surface area contributed by atoms with Gasteiger partial charge in [-0.2, -0.15) is 0 Å². The molecule has 0 saturated carbocycles. The summed E-state index contributed by atoms with van der Waals surface area (Å²) in [5, 5.41) is 14.2. The second-order valence-corrected chi connectivity index (χ2v) is 16.1. The van der Waals surface area contributed by atoms with Crippen LogP contribution in [0.2, 0.25) is 0 Å². The van der Waals surface area contributed by atoms with Gasteiger partial charge in [-0.15, -0.1) is 11.3 Å². The number of benzene rings is 10. The van der Waals surface area contributed by atoms with E-state index in [1.807, 2.05) is 17.4 Å². The van der Waals surface area contributed by atoms with Gasteiger partial charge in [0.2, 0.25) is 0 Å². The number of hydrogen-bond donors (Lipinski definition) is 0. The van der Waals surface area contributed by atoms with E-state index >= 15 is 0 Å². The standard InChI is InChI=1S/C54H30O2S/c1-6-18-39-33(12-1)44(30-45-41-28-29-48-51(54(41)56-53(39)45)42-19-8-10-23-47(42)57-48)31-24-26-32(27-25-31)49-35-14-2-4-16-37(35)50(38-17-5-3-15-36(38)49)43-21-11-20-40-34-13-7-9-22-46(34)55-52(40)43/h1-30H. The molecule has 13 aromatic rings. The monoisotopic (exact) mass is 742 g/mol. The second-order valence-electron chi connectivity index (χ2n) is 15.1. The quantitative estimate of drug-likeness (QED) is 0.169. The van der Waals surface area contributed by atoms with Crippen LogP contribution in [0.1, 0.15) is 0 Å². The number of para-hydroxylation sites is 2. The SMILES string of the molecule is c1ccc2c(c1)oc1c(-c3c4ccccc4c(-c4ccc(-c5cc6c7ccc8sc9ccccc9c8c7oc6c6ccccc56)cc4)c4ccccc34)cccc12. The van der Waals surface area contributed by atoms with Crippen molar-refractivity contribution < 1.29 is 8.83 Å². The van der Waals surface area contributed by atoms with E-state index in [1.54, 1.807) is 0 Å². The Kier molecular flexibility index (Phi) is 6.35. The Morgan fingerprint density at radius 3 is 1.61 bits per heavy atom. The van der Waals surface area contributed by atoms with Crippen molar-refractivity contribution in [3.63, 3.8) is 0 Å². The van der Waals surface area contributed by atoms with Crippen LogP contribution in [0.4, 0.5) is 0 Å². The lowest BCUT2D eigenvalue weighted by Crippen LogP contribution is -1.91. The highest BCUT2D eigenvalue weighted by Gasteiger charge is 2.22. The maximum absolute atomic E-state index is 6.88. The van der Waals surface area contributed by atoms with E-state index in [0.717, 1.165) is 54.8 Å². The molecule has 0 fully saturated rings. The molecular weight excluding hydrogens is 713 g/mol. The van der Waals surface area contributed by atoms with Crippen molar-refractivity contribution in [3.05, 3.63) is 182 Å². The molecule has 0 spiro atoms. The van der Waals surface area contributed by atoms with Crippen LogP contribution in [0, 0.1) is 0 Å². The van der Waals surface area contributed by atoms with E-state index in [-0.39, 0.29) is 0 Å². The molecule has 2 nitrogen and oxygen atoms in total. The minimum Gasteiger partial charge on any atom is -0.455 e. The van der Waals surface area contributed by atoms with Crippen molar-refractivity contribution in [2.24, 2.45) is 0 Å². The normalized spacial score (nSPS) is 12.2. The molecule has 3 heteroatoms. The first-order valence-electron chi connectivity index (χ1n) is 19.4. The fraction of sp³-hybridized carbons (Fsp3) is 0. The van der Waals surface area contributed by atoms with Gasteiger partial charge in [-0.3, -0.25) is 0 Å². The molecule has 0 aliphatic rings. The Hall–Kier alpha value is -7.20. The topological polar surface area (TPSA) is 26.3 Å². The van der Waals surface area contributed by atoms with Gasteiger partial charge in [0.25, 0.3) is 0 Å². The number of hydrogen-bond acceptors (Lipinski definition) is 3. The highest BCUT2D eigenvalue weighted by molar-refractivity contribution is 7.26. The van der Waals surface area contributed by atoms with E-state index in [1.165, 1.54) is 74.9 Å². The third-order valence-electron chi connectivity index (χ3n) is 12.1. The van der Waals surface area contributed by atoms with Crippen LogP contribution in [-0.4, -0.2) is 0 Å². The van der Waals surface area contributed by atoms with E-state index in [4.69, 9.17) is 8.83 Å². The Labute approximate surface area is 330 Å². The van der Waals surface area contributed by atoms with Gasteiger partial charge in [-0.1, -0.05) is 152 Å². The van der Waals surface area contributed by atoms with Gasteiger partial charge in [-0.25, -0.2) is 0 Å². The number of furan rings is 2. The molecule has 0 bridgehead atoms. The summed E-state index contributed by atoms with van der Waals surface area (Å²) in [7, 11) is 0. The van der Waals surface area contributed by atoms with E-state index in [9.17, 15) is 0 Å². The van der Waals surface area contributed by atoms with Gasteiger partial charge in [0.05, 0.1) is 0 Å². The summed E-state index contributed by atoms with van der Waals surface area (Å²) in [5.41, 5.74) is 10.9. The van der Waals surface area contributed by atoms with Crippen LogP contribution in [0.25, 0.3) is 130 Å². The molecular formula is C54H30O2S. The first kappa shape index (κ1) is 31.1. The number of thiophene rings is 1. The molecule has 57 heavy (non-hydrogen) atoms. The maximum atomic E-state index is 6.88. The summed E-state index contributed by atoms with van der Waals surface area (Å²) in [5.74, 6) is 0. The predicted octanol–water partition coefficient (Wildman–Crippen LogP) is 16.3. The zero-order chi connectivity index (χ0) is 37.2. The van der Waals surface area contributed by atoms with Crippen LogP contribution >= 0.6 is 11.3 Å². The van der Waals surface area contributed by atoms with Crippen LogP contribution < -0.4 is 0 Å². The summed E-state index contributed by atoms with van der Waals surface area (Å²) in [6.07, 6.45) is 0. The van der Waals surface area contributed by atoms with Crippen molar-refractivity contribution in [3.8, 4) is 33.4 Å². The molecule has 13 rings (SSSR count). The third kappa shape index (κ3) is 4.35. The largest absolute Gasteiger partial charge is 0.455 e. The lowest BCUT2D eigenvalue weighted by molar-refractivity contribution is 0.670. The summed E-state index contributed by atoms with van der Waals surface area (Å²) < 4.78 is 16.0. The summed E-state index contributed by atoms with van der Waals surface area (Å²) >= 11 is 1.83. The Morgan fingerprint density at radius 2 is 0.860 bits per heavy atom. The van der Waals surface area contributed by atoms with Gasteiger partial charge >= 0.3 is 0 Å². The Bertz CT molecular complexity index is 3750. The summed E-state index contributed by atoms with van der Waals surface area (Å²) in [4.78, 5) is 0. The predicted molar refractivity (Wildman–Crippen MR) is 243 cm³/mol. The minimum absolute atomic E-state index is 0.909. The van der Waals surface area contributed by atoms with Crippen molar-refractivity contribution in [1.29, 1.82) is 0 Å². The highest BCUT2D eigenvalue weighted by atomic mass is 32.1. The summed E-state index contributed by atoms with van der Waals surface area (Å²) in [6.45, 7) is 0. The molecule has 0 aliphatic heterocycles. The van der Waals surface area contributed by atoms with Gasteiger partial charge in [-0.05, 0) is 79.5 Å². The van der Waals surface area contributed by atoms with E-state index in [0.29, 0.717) is 0 Å². The van der Waals surface area contributed by atoms with Crippen molar-refractivity contribution in [2.75, 3.05) is 0 Å². The summed E-state index contributed by atoms with van der Waals surface area (Å²) in [6, 6.07) is 65.9. The van der Waals surface area contributed by atoms with E-state index in [2.05, 4.69) is 176 Å². The molecule has 0 aliphatic carbocycles. The molecule has 0 unspecified atom stereocenters. The molecule has 264 valence electrons. The first-order chi connectivity index (χ1) is 28.3. The smallest absolute Gasteiger partial charge is 0.144 e. The highest BCUT2D eigenvalue weighted by Crippen LogP contribution is 2.48. The third-order valence-corrected chi connectivity index (χ3v) is 13.2. The fourth-order valence-electron chi connectivity index (χ4n) is 9.59. The van der Waals surface area contributed by atoms with Crippen LogP contribution in [-0.2, 0) is 0 Å². The molecule has 0 saturated heterocycles. The average Bonchev–Trinajstić information content (AvgIpc) is 3.97. The molecule has 10 aromatic carbocycles. The lowest BCUT2D eigenvalue weighted by Gasteiger charge is -2.18. The molecule has 0 radical (unpaired) electrons. The molecule has 3 heterocycles. The molecule has 0 amide bonds. The first-order valence-corrected chi connectivity index (χ1v) is 20.2. The van der Waals surface area contributed by atoms with Crippen molar-refractivity contribution >= 4 is 108 Å². The van der Waals surface area contributed by atoms with Gasteiger partial charge < -0.3 is 8.83 Å². The van der Waals surface area contributed by atoms with E-state index < -0.39 is 0 Å².